The van der Waals surface area contributed by atoms with Gasteiger partial charge in [-0.2, -0.15) is 8.78 Å². The fourth-order valence-corrected chi connectivity index (χ4v) is 1.98. The Morgan fingerprint density at radius 3 is 2.28 bits per heavy atom. The molecule has 1 N–H and O–H groups in total. The minimum atomic E-state index is -2.77. The summed E-state index contributed by atoms with van der Waals surface area (Å²) in [5.74, 6) is 0.197. The third-order valence-corrected chi connectivity index (χ3v) is 2.86. The molecule has 1 aromatic rings. The highest BCUT2D eigenvalue weighted by molar-refractivity contribution is 5.29. The Labute approximate surface area is 107 Å². The number of benzene rings is 1. The van der Waals surface area contributed by atoms with Crippen LogP contribution in [0.1, 0.15) is 45.2 Å². The van der Waals surface area contributed by atoms with Crippen molar-refractivity contribution in [2.75, 3.05) is 0 Å². The van der Waals surface area contributed by atoms with Crippen molar-refractivity contribution in [1.82, 2.24) is 5.32 Å². The van der Waals surface area contributed by atoms with Crippen LogP contribution >= 0.6 is 0 Å². The van der Waals surface area contributed by atoms with Crippen LogP contribution in [-0.4, -0.2) is 12.7 Å². The monoisotopic (exact) mass is 257 g/mol. The van der Waals surface area contributed by atoms with Crippen molar-refractivity contribution < 1.29 is 13.5 Å². The second kappa shape index (κ2) is 7.31. The number of alkyl halides is 2. The van der Waals surface area contributed by atoms with E-state index in [1.165, 1.54) is 0 Å². The van der Waals surface area contributed by atoms with Crippen LogP contribution in [0.15, 0.2) is 24.3 Å². The Bertz CT molecular complexity index is 340. The number of hydrogen-bond donors (Lipinski definition) is 1. The summed E-state index contributed by atoms with van der Waals surface area (Å²) < 4.78 is 28.3. The summed E-state index contributed by atoms with van der Waals surface area (Å²) in [6.07, 6.45) is 2.26. The van der Waals surface area contributed by atoms with Crippen molar-refractivity contribution in [2.24, 2.45) is 0 Å². The lowest BCUT2D eigenvalue weighted by atomic mass is 10.1. The summed E-state index contributed by atoms with van der Waals surface area (Å²) in [5.41, 5.74) is 1.07. The second-order valence-electron chi connectivity index (χ2n) is 4.53. The molecule has 1 rings (SSSR count). The van der Waals surface area contributed by atoms with Gasteiger partial charge in [0.25, 0.3) is 0 Å². The van der Waals surface area contributed by atoms with Crippen LogP contribution in [0.5, 0.6) is 5.75 Å². The molecule has 0 saturated carbocycles. The summed E-state index contributed by atoms with van der Waals surface area (Å²) in [6, 6.07) is 7.42. The van der Waals surface area contributed by atoms with Gasteiger partial charge < -0.3 is 10.1 Å². The highest BCUT2D eigenvalue weighted by Gasteiger charge is 2.09. The molecule has 18 heavy (non-hydrogen) atoms. The van der Waals surface area contributed by atoms with Crippen molar-refractivity contribution in [3.05, 3.63) is 29.8 Å². The second-order valence-corrected chi connectivity index (χ2v) is 4.53. The van der Waals surface area contributed by atoms with Gasteiger partial charge in [-0.25, -0.2) is 0 Å². The van der Waals surface area contributed by atoms with Crippen LogP contribution in [0.3, 0.4) is 0 Å². The van der Waals surface area contributed by atoms with Crippen LogP contribution in [0.4, 0.5) is 8.78 Å². The summed E-state index contributed by atoms with van der Waals surface area (Å²) in [6.45, 7) is 3.60. The van der Waals surface area contributed by atoms with Gasteiger partial charge >= 0.3 is 6.61 Å². The molecule has 0 bridgehead atoms. The summed E-state index contributed by atoms with van der Waals surface area (Å²) in [7, 11) is 0. The number of ether oxygens (including phenoxy) is 1. The fraction of sp³-hybridized carbons (Fsp3) is 0.571. The molecule has 2 unspecified atom stereocenters. The van der Waals surface area contributed by atoms with Crippen molar-refractivity contribution in [3.63, 3.8) is 0 Å². The molecule has 0 saturated heterocycles. The average Bonchev–Trinajstić information content (AvgIpc) is 2.29. The molecule has 0 spiro atoms. The average molecular weight is 257 g/mol. The first-order valence-corrected chi connectivity index (χ1v) is 6.33. The molecule has 0 aliphatic heterocycles. The van der Waals surface area contributed by atoms with Gasteiger partial charge in [0.05, 0.1) is 0 Å². The van der Waals surface area contributed by atoms with Gasteiger partial charge in [-0.1, -0.05) is 25.5 Å². The van der Waals surface area contributed by atoms with Crippen molar-refractivity contribution >= 4 is 0 Å². The largest absolute Gasteiger partial charge is 0.435 e. The first-order valence-electron chi connectivity index (χ1n) is 6.33. The predicted molar refractivity (Wildman–Crippen MR) is 69.0 cm³/mol. The number of nitrogens with one attached hydrogen (secondary N) is 1. The minimum Gasteiger partial charge on any atom is -0.435 e. The maximum Gasteiger partial charge on any atom is 0.387 e. The molecule has 1 aromatic carbocycles. The van der Waals surface area contributed by atoms with Crippen LogP contribution < -0.4 is 10.1 Å². The van der Waals surface area contributed by atoms with Crippen LogP contribution in [-0.2, 0) is 0 Å². The lowest BCUT2D eigenvalue weighted by Crippen LogP contribution is -2.28. The van der Waals surface area contributed by atoms with Crippen LogP contribution in [0.2, 0.25) is 0 Å². The molecular weight excluding hydrogens is 236 g/mol. The SMILES string of the molecule is CCCC(C)NC(C)c1ccc(OC(F)F)cc1. The number of rotatable bonds is 7. The summed E-state index contributed by atoms with van der Waals surface area (Å²) in [4.78, 5) is 0. The molecule has 4 heteroatoms. The van der Waals surface area contributed by atoms with Crippen molar-refractivity contribution in [3.8, 4) is 5.75 Å². The van der Waals surface area contributed by atoms with E-state index in [0.717, 1.165) is 18.4 Å². The lowest BCUT2D eigenvalue weighted by Gasteiger charge is -2.20. The Morgan fingerprint density at radius 1 is 1.17 bits per heavy atom. The minimum absolute atomic E-state index is 0.197. The topological polar surface area (TPSA) is 21.3 Å². The van der Waals surface area contributed by atoms with E-state index in [4.69, 9.17) is 0 Å². The predicted octanol–water partition coefficient (Wildman–Crippen LogP) is 4.13. The number of hydrogen-bond acceptors (Lipinski definition) is 2. The van der Waals surface area contributed by atoms with E-state index in [0.29, 0.717) is 6.04 Å². The molecule has 0 radical (unpaired) electrons. The van der Waals surface area contributed by atoms with E-state index in [2.05, 4.69) is 30.8 Å². The normalized spacial score (nSPS) is 14.6. The van der Waals surface area contributed by atoms with Crippen molar-refractivity contribution in [2.45, 2.75) is 52.3 Å². The molecule has 102 valence electrons. The lowest BCUT2D eigenvalue weighted by molar-refractivity contribution is -0.0498. The van der Waals surface area contributed by atoms with Gasteiger partial charge in [0.2, 0.25) is 0 Å². The molecule has 2 nitrogen and oxygen atoms in total. The highest BCUT2D eigenvalue weighted by Crippen LogP contribution is 2.19. The van der Waals surface area contributed by atoms with Gasteiger partial charge in [0, 0.05) is 12.1 Å². The molecule has 0 heterocycles. The van der Waals surface area contributed by atoms with Gasteiger partial charge in [-0.15, -0.1) is 0 Å². The van der Waals surface area contributed by atoms with E-state index in [1.807, 2.05) is 12.1 Å². The third-order valence-electron chi connectivity index (χ3n) is 2.86. The first-order chi connectivity index (χ1) is 8.52. The van der Waals surface area contributed by atoms with Crippen LogP contribution in [0, 0.1) is 0 Å². The maximum atomic E-state index is 12.0. The molecule has 0 aliphatic carbocycles. The molecule has 0 aromatic heterocycles. The van der Waals surface area contributed by atoms with Gasteiger partial charge in [0.15, 0.2) is 0 Å². The molecule has 0 aliphatic rings. The van der Waals surface area contributed by atoms with E-state index in [9.17, 15) is 8.78 Å². The quantitative estimate of drug-likeness (QED) is 0.793. The van der Waals surface area contributed by atoms with E-state index < -0.39 is 6.61 Å². The number of halogens is 2. The van der Waals surface area contributed by atoms with E-state index >= 15 is 0 Å². The summed E-state index contributed by atoms with van der Waals surface area (Å²) in [5, 5.41) is 3.47. The molecular formula is C14H21F2NO. The first kappa shape index (κ1) is 14.9. The van der Waals surface area contributed by atoms with Gasteiger partial charge in [-0.05, 0) is 38.0 Å². The summed E-state index contributed by atoms with van der Waals surface area (Å²) >= 11 is 0. The smallest absolute Gasteiger partial charge is 0.387 e. The zero-order valence-corrected chi connectivity index (χ0v) is 11.1. The van der Waals surface area contributed by atoms with Crippen LogP contribution in [0.25, 0.3) is 0 Å². The Morgan fingerprint density at radius 2 is 1.78 bits per heavy atom. The van der Waals surface area contributed by atoms with Gasteiger partial charge in [-0.3, -0.25) is 0 Å². The standard InChI is InChI=1S/C14H21F2NO/c1-4-5-10(2)17-11(3)12-6-8-13(9-7-12)18-14(15)16/h6-11,14,17H,4-5H2,1-3H3. The highest BCUT2D eigenvalue weighted by atomic mass is 19.3. The van der Waals surface area contributed by atoms with Gasteiger partial charge in [0.1, 0.15) is 5.75 Å². The van der Waals surface area contributed by atoms with Crippen molar-refractivity contribution in [1.29, 1.82) is 0 Å². The Balaban J connectivity index is 2.55. The molecule has 0 amide bonds. The Kier molecular flexibility index (Phi) is 6.05. The fourth-order valence-electron chi connectivity index (χ4n) is 1.98. The Hall–Kier alpha value is -1.16. The third kappa shape index (κ3) is 5.00. The maximum absolute atomic E-state index is 12.0. The van der Waals surface area contributed by atoms with E-state index in [1.54, 1.807) is 12.1 Å². The zero-order valence-electron chi connectivity index (χ0n) is 11.1. The molecule has 0 fully saturated rings. The van der Waals surface area contributed by atoms with E-state index in [-0.39, 0.29) is 11.8 Å². The zero-order chi connectivity index (χ0) is 13.5. The molecule has 2 atom stereocenters.